The quantitative estimate of drug-likeness (QED) is 0.243. The Morgan fingerprint density at radius 3 is 2.71 bits per heavy atom. The number of carbonyl (C=O) groups excluding carboxylic acids is 1. The zero-order valence-electron chi connectivity index (χ0n) is 21.6. The van der Waals surface area contributed by atoms with Crippen LogP contribution in [0.5, 0.6) is 6.01 Å². The maximum absolute atomic E-state index is 16.4. The van der Waals surface area contributed by atoms with Crippen molar-refractivity contribution in [2.75, 3.05) is 37.9 Å². The summed E-state index contributed by atoms with van der Waals surface area (Å²) >= 11 is 0.682. The minimum atomic E-state index is -5.07. The van der Waals surface area contributed by atoms with Crippen molar-refractivity contribution in [3.8, 4) is 23.2 Å². The maximum Gasteiger partial charge on any atom is 0.417 e. The molecule has 8 nitrogen and oxygen atoms in total. The fraction of sp³-hybridized carbons (Fsp3) is 0.259. The number of nitrogens with two attached hydrogens (primary N) is 1. The molecule has 2 aromatic carbocycles. The summed E-state index contributed by atoms with van der Waals surface area (Å²) in [7, 11) is 2.80. The molecule has 14 heteroatoms. The van der Waals surface area contributed by atoms with Crippen LogP contribution in [0.25, 0.3) is 32.1 Å². The molecule has 1 aliphatic rings. The summed E-state index contributed by atoms with van der Waals surface area (Å²) in [5.74, 6) is -2.51. The van der Waals surface area contributed by atoms with Crippen molar-refractivity contribution in [1.82, 2.24) is 14.9 Å². The SMILES string of the molecule is C=CC(=O)N1CCC(N(C)c2nc(OC)nc3c(F)c(-c4ccc(F)c5sc(N)c(C#N)c45)c(C(F)(F)F)cc23)C1. The fourth-order valence-corrected chi connectivity index (χ4v) is 6.06. The van der Waals surface area contributed by atoms with Gasteiger partial charge in [0.1, 0.15) is 28.2 Å². The molecule has 1 aliphatic heterocycles. The summed E-state index contributed by atoms with van der Waals surface area (Å²) in [6.45, 7) is 4.10. The number of methoxy groups -OCH3 is 1. The molecule has 0 radical (unpaired) electrons. The summed E-state index contributed by atoms with van der Waals surface area (Å²) in [5, 5.41) is 9.05. The Balaban J connectivity index is 1.81. The lowest BCUT2D eigenvalue weighted by Gasteiger charge is -2.27. The molecule has 3 heterocycles. The van der Waals surface area contributed by atoms with Gasteiger partial charge in [0.25, 0.3) is 0 Å². The minimum absolute atomic E-state index is 0.0394. The molecule has 0 bridgehead atoms. The number of benzene rings is 2. The highest BCUT2D eigenvalue weighted by atomic mass is 32.1. The van der Waals surface area contributed by atoms with Crippen molar-refractivity contribution in [3.63, 3.8) is 0 Å². The third-order valence-corrected chi connectivity index (χ3v) is 8.14. The lowest BCUT2D eigenvalue weighted by atomic mass is 9.92. The van der Waals surface area contributed by atoms with Gasteiger partial charge >= 0.3 is 12.2 Å². The van der Waals surface area contributed by atoms with Crippen LogP contribution < -0.4 is 15.4 Å². The van der Waals surface area contributed by atoms with Crippen molar-refractivity contribution in [2.45, 2.75) is 18.6 Å². The lowest BCUT2D eigenvalue weighted by molar-refractivity contribution is -0.137. The number of likely N-dealkylation sites (N-methyl/N-ethyl adjacent to an activating group) is 1. The second-order valence-corrected chi connectivity index (χ2v) is 10.4. The number of carbonyl (C=O) groups is 1. The van der Waals surface area contributed by atoms with E-state index in [1.54, 1.807) is 18.0 Å². The second-order valence-electron chi connectivity index (χ2n) is 9.33. The number of anilines is 2. The van der Waals surface area contributed by atoms with E-state index in [0.29, 0.717) is 24.3 Å². The van der Waals surface area contributed by atoms with Crippen LogP contribution in [-0.4, -0.2) is 54.1 Å². The number of alkyl halides is 3. The summed E-state index contributed by atoms with van der Waals surface area (Å²) in [4.78, 5) is 23.5. The van der Waals surface area contributed by atoms with E-state index in [2.05, 4.69) is 16.5 Å². The normalized spacial score (nSPS) is 15.4. The van der Waals surface area contributed by atoms with E-state index in [1.165, 1.54) is 18.1 Å². The van der Waals surface area contributed by atoms with Gasteiger partial charge in [0.05, 0.1) is 22.9 Å². The Hall–Kier alpha value is -4.51. The smallest absolute Gasteiger partial charge is 0.417 e. The summed E-state index contributed by atoms with van der Waals surface area (Å²) in [6.07, 6.45) is -3.43. The van der Waals surface area contributed by atoms with Crippen LogP contribution in [0.2, 0.25) is 0 Å². The molecule has 5 rings (SSSR count). The van der Waals surface area contributed by atoms with Crippen molar-refractivity contribution in [2.24, 2.45) is 0 Å². The minimum Gasteiger partial charge on any atom is -0.467 e. The first-order chi connectivity index (χ1) is 19.4. The van der Waals surface area contributed by atoms with E-state index in [-0.39, 0.29) is 61.9 Å². The number of likely N-dealkylation sites (tertiary alicyclic amines) is 1. The van der Waals surface area contributed by atoms with E-state index in [1.807, 2.05) is 0 Å². The fourth-order valence-electron chi connectivity index (χ4n) is 5.11. The molecule has 0 spiro atoms. The van der Waals surface area contributed by atoms with Crippen molar-refractivity contribution in [3.05, 3.63) is 53.6 Å². The molecular formula is C27H21F5N6O2S. The molecule has 212 valence electrons. The Bertz CT molecular complexity index is 1780. The van der Waals surface area contributed by atoms with Crippen LogP contribution in [0.1, 0.15) is 17.5 Å². The highest BCUT2D eigenvalue weighted by molar-refractivity contribution is 7.23. The van der Waals surface area contributed by atoms with E-state index < -0.39 is 34.5 Å². The Morgan fingerprint density at radius 2 is 2.07 bits per heavy atom. The highest BCUT2D eigenvalue weighted by Gasteiger charge is 2.39. The van der Waals surface area contributed by atoms with Crippen molar-refractivity contribution >= 4 is 49.1 Å². The van der Waals surface area contributed by atoms with Gasteiger partial charge in [-0.1, -0.05) is 12.6 Å². The number of nitrogen functional groups attached to an aromatic ring is 1. The molecule has 41 heavy (non-hydrogen) atoms. The molecule has 2 aromatic heterocycles. The van der Waals surface area contributed by atoms with Crippen molar-refractivity contribution in [1.29, 1.82) is 5.26 Å². The van der Waals surface area contributed by atoms with Crippen LogP contribution in [0.3, 0.4) is 0 Å². The number of fused-ring (bicyclic) bond motifs is 2. The topological polar surface area (TPSA) is 108 Å². The Morgan fingerprint density at radius 1 is 1.34 bits per heavy atom. The van der Waals surface area contributed by atoms with Crippen LogP contribution in [0.4, 0.5) is 32.8 Å². The van der Waals surface area contributed by atoms with Crippen LogP contribution in [0.15, 0.2) is 30.9 Å². The molecule has 1 atom stereocenters. The van der Waals surface area contributed by atoms with Gasteiger partial charge in [-0.15, -0.1) is 11.3 Å². The van der Waals surface area contributed by atoms with Gasteiger partial charge in [-0.25, -0.2) is 8.78 Å². The molecular weight excluding hydrogens is 567 g/mol. The second kappa shape index (κ2) is 10.2. The predicted molar refractivity (Wildman–Crippen MR) is 145 cm³/mol. The lowest BCUT2D eigenvalue weighted by Crippen LogP contribution is -2.36. The average molecular weight is 589 g/mol. The summed E-state index contributed by atoms with van der Waals surface area (Å²) in [6, 6.07) is 3.74. The number of nitrogens with zero attached hydrogens (tertiary/aromatic N) is 5. The number of ether oxygens (including phenoxy) is 1. The first-order valence-electron chi connectivity index (χ1n) is 12.1. The van der Waals surface area contributed by atoms with Crippen LogP contribution >= 0.6 is 11.3 Å². The Kier molecular flexibility index (Phi) is 6.94. The van der Waals surface area contributed by atoms with E-state index in [4.69, 9.17) is 10.5 Å². The number of hydrogen-bond acceptors (Lipinski definition) is 8. The van der Waals surface area contributed by atoms with Gasteiger partial charge in [-0.05, 0) is 30.2 Å². The number of nitriles is 1. The molecule has 1 saturated heterocycles. The van der Waals surface area contributed by atoms with Gasteiger partial charge in [-0.2, -0.15) is 28.4 Å². The zero-order valence-corrected chi connectivity index (χ0v) is 22.5. The first-order valence-corrected chi connectivity index (χ1v) is 12.9. The van der Waals surface area contributed by atoms with Gasteiger partial charge < -0.3 is 20.3 Å². The van der Waals surface area contributed by atoms with E-state index in [0.717, 1.165) is 18.2 Å². The number of halogens is 5. The summed E-state index contributed by atoms with van der Waals surface area (Å²) < 4.78 is 79.9. The largest absolute Gasteiger partial charge is 0.467 e. The van der Waals surface area contributed by atoms with Gasteiger partial charge in [-0.3, -0.25) is 4.79 Å². The number of aromatic nitrogens is 2. The number of amides is 1. The van der Waals surface area contributed by atoms with Crippen LogP contribution in [-0.2, 0) is 11.0 Å². The van der Waals surface area contributed by atoms with E-state index in [9.17, 15) is 27.6 Å². The molecule has 0 saturated carbocycles. The van der Waals surface area contributed by atoms with Gasteiger partial charge in [0.2, 0.25) is 5.91 Å². The molecule has 0 aliphatic carbocycles. The van der Waals surface area contributed by atoms with Gasteiger partial charge in [0.15, 0.2) is 5.82 Å². The predicted octanol–water partition coefficient (Wildman–Crippen LogP) is 5.49. The first kappa shape index (κ1) is 28.0. The zero-order chi connectivity index (χ0) is 29.8. The monoisotopic (exact) mass is 588 g/mol. The maximum atomic E-state index is 16.4. The Labute approximate surface area is 234 Å². The molecule has 1 unspecified atom stereocenters. The van der Waals surface area contributed by atoms with E-state index >= 15 is 4.39 Å². The average Bonchev–Trinajstić information content (AvgIpc) is 3.57. The molecule has 1 fully saturated rings. The number of thiophene rings is 1. The third kappa shape index (κ3) is 4.55. The van der Waals surface area contributed by atoms with Crippen molar-refractivity contribution < 1.29 is 31.5 Å². The standard InChI is InChI=1S/C27H21F5N6O2S/c1-4-18(39)38-8-7-12(11-38)37(2)25-14-9-16(27(30,31)32)20(21(29)22(14)35-26(36-25)40-3)13-5-6-17(28)23-19(13)15(10-33)24(34)41-23/h4-6,9,12H,1,7-8,11,34H2,2-3H3. The number of rotatable bonds is 5. The highest BCUT2D eigenvalue weighted by Crippen LogP contribution is 2.48. The molecule has 1 amide bonds. The van der Waals surface area contributed by atoms with Gasteiger partial charge in [0, 0.05) is 42.5 Å². The summed E-state index contributed by atoms with van der Waals surface area (Å²) in [5.41, 5.74) is 2.48. The number of hydrogen-bond donors (Lipinski definition) is 1. The van der Waals surface area contributed by atoms with Crippen LogP contribution in [0, 0.1) is 23.0 Å². The molecule has 2 N–H and O–H groups in total. The molecule has 4 aromatic rings. The third-order valence-electron chi connectivity index (χ3n) is 7.11.